The van der Waals surface area contributed by atoms with Crippen molar-refractivity contribution in [3.8, 4) is 11.6 Å². The number of hydrogen-bond donors (Lipinski definition) is 1. The Balaban J connectivity index is 0.000000203. The van der Waals surface area contributed by atoms with Gasteiger partial charge in [0.2, 0.25) is 11.5 Å². The third-order valence-corrected chi connectivity index (χ3v) is 6.97. The number of carbonyl (C=O) groups excluding carboxylic acids is 1. The SMILES string of the molecule is Cc1ccc(-[n+]2[nH]c(C)c(C(=O)c3cccc4ccccc34)c2[O-])cc1.O=[N+]([O-])[O-].[Cu+].c1cnc2c(c1)ccc1cccnc12. The molecule has 0 amide bonds. The monoisotopic (exact) mass is 647 g/mol. The number of hydrogen-bond acceptors (Lipinski definition) is 7. The summed E-state index contributed by atoms with van der Waals surface area (Å²) in [5.74, 6) is -0.587. The minimum absolute atomic E-state index is 0. The van der Waals surface area contributed by atoms with E-state index in [4.69, 9.17) is 15.3 Å². The Bertz CT molecular complexity index is 2070. The normalized spacial score (nSPS) is 10.3. The first-order valence-electron chi connectivity index (χ1n) is 13.6. The molecule has 0 aliphatic carbocycles. The van der Waals surface area contributed by atoms with Crippen LogP contribution in [0, 0.1) is 29.2 Å². The molecular weight excluding hydrogens is 622 g/mol. The molecule has 0 aliphatic rings. The van der Waals surface area contributed by atoms with Crippen LogP contribution in [0.2, 0.25) is 0 Å². The minimum Gasteiger partial charge on any atom is -0.821 e. The van der Waals surface area contributed by atoms with Crippen LogP contribution in [0.3, 0.4) is 0 Å². The van der Waals surface area contributed by atoms with E-state index in [1.807, 2.05) is 79.7 Å². The van der Waals surface area contributed by atoms with E-state index >= 15 is 0 Å². The number of ketones is 1. The molecule has 10 nitrogen and oxygen atoms in total. The number of rotatable bonds is 3. The van der Waals surface area contributed by atoms with Gasteiger partial charge in [-0.3, -0.25) is 14.8 Å². The van der Waals surface area contributed by atoms with Gasteiger partial charge < -0.3 is 20.4 Å². The maximum Gasteiger partial charge on any atom is 1.00 e. The first-order chi connectivity index (χ1) is 21.2. The number of nitrogens with one attached hydrogen (secondary N) is 1. The van der Waals surface area contributed by atoms with Crippen molar-refractivity contribution < 1.29 is 36.7 Å². The maximum absolute atomic E-state index is 13.2. The molecular formula is C34H26CuN5O5. The summed E-state index contributed by atoms with van der Waals surface area (Å²) >= 11 is 0. The first-order valence-corrected chi connectivity index (χ1v) is 13.6. The van der Waals surface area contributed by atoms with Gasteiger partial charge in [0.05, 0.1) is 21.8 Å². The Labute approximate surface area is 268 Å². The number of benzene rings is 4. The van der Waals surface area contributed by atoms with Gasteiger partial charge in [0.25, 0.3) is 0 Å². The molecule has 7 rings (SSSR count). The number of carbonyl (C=O) groups is 1. The number of fused-ring (bicyclic) bond motifs is 4. The second-order valence-corrected chi connectivity index (χ2v) is 9.88. The van der Waals surface area contributed by atoms with Crippen LogP contribution in [0.1, 0.15) is 27.2 Å². The fourth-order valence-electron chi connectivity index (χ4n) is 4.93. The number of nitrogens with zero attached hydrogens (tertiary/aromatic N) is 4. The Hall–Kier alpha value is -5.64. The fraction of sp³-hybridized carbons (Fsp3) is 0.0588. The molecule has 228 valence electrons. The summed E-state index contributed by atoms with van der Waals surface area (Å²) in [6.07, 6.45) is 3.60. The summed E-state index contributed by atoms with van der Waals surface area (Å²) < 4.78 is 1.42. The molecule has 45 heavy (non-hydrogen) atoms. The molecule has 0 unspecified atom stereocenters. The Kier molecular flexibility index (Phi) is 10.2. The molecule has 3 aromatic heterocycles. The van der Waals surface area contributed by atoms with Gasteiger partial charge in [-0.1, -0.05) is 89.1 Å². The van der Waals surface area contributed by atoms with Crippen molar-refractivity contribution in [2.24, 2.45) is 0 Å². The van der Waals surface area contributed by atoms with E-state index in [-0.39, 0.29) is 34.3 Å². The number of pyridine rings is 2. The van der Waals surface area contributed by atoms with Crippen molar-refractivity contribution in [3.05, 3.63) is 153 Å². The van der Waals surface area contributed by atoms with E-state index in [0.29, 0.717) is 16.9 Å². The molecule has 0 saturated carbocycles. The molecule has 0 radical (unpaired) electrons. The van der Waals surface area contributed by atoms with E-state index in [0.717, 1.165) is 38.1 Å². The van der Waals surface area contributed by atoms with Crippen LogP contribution in [0.25, 0.3) is 38.3 Å². The number of aromatic nitrogens is 4. The number of aromatic amines is 1. The fourth-order valence-corrected chi connectivity index (χ4v) is 4.93. The van der Waals surface area contributed by atoms with Gasteiger partial charge >= 0.3 is 17.1 Å². The van der Waals surface area contributed by atoms with Crippen molar-refractivity contribution >= 4 is 38.4 Å². The molecule has 0 atom stereocenters. The summed E-state index contributed by atoms with van der Waals surface area (Å²) in [4.78, 5) is 30.1. The summed E-state index contributed by atoms with van der Waals surface area (Å²) in [5, 5.41) is 34.8. The molecule has 3 heterocycles. The smallest absolute Gasteiger partial charge is 0.821 e. The zero-order chi connectivity index (χ0) is 31.2. The second kappa shape index (κ2) is 14.2. The molecule has 0 bridgehead atoms. The van der Waals surface area contributed by atoms with Gasteiger partial charge in [-0.25, -0.2) is 0 Å². The van der Waals surface area contributed by atoms with Gasteiger partial charge in [0.15, 0.2) is 5.88 Å². The van der Waals surface area contributed by atoms with Gasteiger partial charge in [0.1, 0.15) is 5.56 Å². The van der Waals surface area contributed by atoms with Crippen molar-refractivity contribution in [3.63, 3.8) is 0 Å². The van der Waals surface area contributed by atoms with Crippen LogP contribution in [0.5, 0.6) is 5.88 Å². The summed E-state index contributed by atoms with van der Waals surface area (Å²) in [7, 11) is 0. The van der Waals surface area contributed by atoms with Crippen molar-refractivity contribution in [1.29, 1.82) is 0 Å². The van der Waals surface area contributed by atoms with Gasteiger partial charge in [0, 0.05) is 40.9 Å². The third kappa shape index (κ3) is 7.13. The van der Waals surface area contributed by atoms with Crippen LogP contribution in [0.4, 0.5) is 0 Å². The van der Waals surface area contributed by atoms with Crippen LogP contribution in [-0.4, -0.2) is 25.9 Å². The van der Waals surface area contributed by atoms with E-state index in [9.17, 15) is 9.90 Å². The molecule has 0 fully saturated rings. The third-order valence-electron chi connectivity index (χ3n) is 6.97. The Morgan fingerprint density at radius 1 is 0.733 bits per heavy atom. The molecule has 0 aliphatic heterocycles. The molecule has 7 aromatic rings. The predicted molar refractivity (Wildman–Crippen MR) is 166 cm³/mol. The molecule has 11 heteroatoms. The van der Waals surface area contributed by atoms with Gasteiger partial charge in [-0.15, -0.1) is 0 Å². The van der Waals surface area contributed by atoms with E-state index < -0.39 is 5.09 Å². The molecule has 0 saturated heterocycles. The Morgan fingerprint density at radius 2 is 1.27 bits per heavy atom. The van der Waals surface area contributed by atoms with Gasteiger partial charge in [-0.05, 0) is 36.8 Å². The van der Waals surface area contributed by atoms with E-state index in [2.05, 4.69) is 39.3 Å². The summed E-state index contributed by atoms with van der Waals surface area (Å²) in [6.45, 7) is 3.74. The average Bonchev–Trinajstić information content (AvgIpc) is 3.34. The van der Waals surface area contributed by atoms with Crippen molar-refractivity contribution in [1.82, 2.24) is 15.1 Å². The summed E-state index contributed by atoms with van der Waals surface area (Å²) in [5.41, 5.74) is 5.06. The summed E-state index contributed by atoms with van der Waals surface area (Å²) in [6, 6.07) is 33.0. The van der Waals surface area contributed by atoms with Crippen molar-refractivity contribution in [2.75, 3.05) is 0 Å². The predicted octanol–water partition coefficient (Wildman–Crippen LogP) is 5.91. The zero-order valence-corrected chi connectivity index (χ0v) is 25.0. The van der Waals surface area contributed by atoms with Crippen LogP contribution in [-0.2, 0) is 17.1 Å². The zero-order valence-electron chi connectivity index (χ0n) is 24.1. The molecule has 1 N–H and O–H groups in total. The molecule has 0 spiro atoms. The number of aryl methyl sites for hydroxylation is 2. The second-order valence-electron chi connectivity index (χ2n) is 9.88. The van der Waals surface area contributed by atoms with Gasteiger partial charge in [-0.2, -0.15) is 5.10 Å². The minimum atomic E-state index is -1.75. The van der Waals surface area contributed by atoms with E-state index in [1.54, 1.807) is 25.4 Å². The van der Waals surface area contributed by atoms with E-state index in [1.165, 1.54) is 4.68 Å². The average molecular weight is 648 g/mol. The number of H-pyrrole nitrogens is 1. The van der Waals surface area contributed by atoms with Crippen LogP contribution >= 0.6 is 0 Å². The topological polar surface area (TPSA) is 152 Å². The standard InChI is InChI=1S/C22H18N2O2.C12H8N2.Cu.NO3/c1-14-10-12-17(13-11-14)24-22(26)20(15(2)23-24)21(25)19-9-5-7-16-6-3-4-8-18(16)19;1-3-9-5-6-10-4-2-8-14-12(10)11(9)13-7-1;;2-1(3)4/h3-13H,1-2H3,(H,23,25,26);1-8H;;/q;;+1;-1. The quantitative estimate of drug-likeness (QED) is 0.0625. The Morgan fingerprint density at radius 3 is 1.87 bits per heavy atom. The van der Waals surface area contributed by atoms with Crippen molar-refractivity contribution in [2.45, 2.75) is 13.8 Å². The maximum atomic E-state index is 13.2. The van der Waals surface area contributed by atoms with Crippen LogP contribution < -0.4 is 9.79 Å². The first kappa shape index (κ1) is 32.3. The molecule has 4 aromatic carbocycles. The largest absolute Gasteiger partial charge is 1.00 e. The van der Waals surface area contributed by atoms with Crippen LogP contribution in [0.15, 0.2) is 116 Å².